The van der Waals surface area contributed by atoms with E-state index in [0.717, 1.165) is 49.0 Å². The van der Waals surface area contributed by atoms with E-state index in [9.17, 15) is 4.79 Å². The molecule has 0 aliphatic rings. The van der Waals surface area contributed by atoms with Gasteiger partial charge < -0.3 is 9.47 Å². The number of anilines is 2. The van der Waals surface area contributed by atoms with E-state index in [4.69, 9.17) is 9.47 Å². The molecule has 0 saturated carbocycles. The van der Waals surface area contributed by atoms with Gasteiger partial charge in [0.1, 0.15) is 18.1 Å². The van der Waals surface area contributed by atoms with Gasteiger partial charge in [0.25, 0.3) is 0 Å². The van der Waals surface area contributed by atoms with Crippen LogP contribution >= 0.6 is 11.3 Å². The number of rotatable bonds is 7. The molecule has 0 aliphatic carbocycles. The number of hydrogen-bond donors (Lipinski definition) is 0. The number of carbonyl (C=O) groups excluding carboxylic acids is 1. The van der Waals surface area contributed by atoms with E-state index < -0.39 is 0 Å². The van der Waals surface area contributed by atoms with Crippen molar-refractivity contribution in [1.82, 2.24) is 0 Å². The molecular weight excluding hydrogens is 454 g/mol. The zero-order chi connectivity index (χ0) is 24.2. The number of thiophene rings is 1. The molecule has 5 rings (SSSR count). The van der Waals surface area contributed by atoms with Crippen LogP contribution in [0.25, 0.3) is 20.5 Å². The molecule has 174 valence electrons. The first-order valence-electron chi connectivity index (χ1n) is 11.4. The molecule has 4 nitrogen and oxygen atoms in total. The summed E-state index contributed by atoms with van der Waals surface area (Å²) in [6, 6.07) is 33.9. The Bertz CT molecular complexity index is 1440. The summed E-state index contributed by atoms with van der Waals surface area (Å²) < 4.78 is 12.5. The molecule has 0 saturated heterocycles. The van der Waals surface area contributed by atoms with Gasteiger partial charge in [-0.2, -0.15) is 0 Å². The van der Waals surface area contributed by atoms with Gasteiger partial charge in [0, 0.05) is 22.7 Å². The SMILES string of the molecule is COc1ccc2c(N(C(C)=O)c3ccc(OCc4ccccc4)cc3)c(-c3ccccc3)sc2c1. The second-order valence-electron chi connectivity index (χ2n) is 8.13. The molecule has 0 spiro atoms. The third-order valence-electron chi connectivity index (χ3n) is 5.79. The van der Waals surface area contributed by atoms with Gasteiger partial charge in [-0.3, -0.25) is 9.69 Å². The van der Waals surface area contributed by atoms with Gasteiger partial charge in [-0.15, -0.1) is 11.3 Å². The van der Waals surface area contributed by atoms with Crippen molar-refractivity contribution in [2.75, 3.05) is 12.0 Å². The van der Waals surface area contributed by atoms with Gasteiger partial charge in [-0.05, 0) is 53.6 Å². The van der Waals surface area contributed by atoms with E-state index in [0.29, 0.717) is 6.61 Å². The van der Waals surface area contributed by atoms with Gasteiger partial charge in [0.2, 0.25) is 5.91 Å². The molecule has 5 aromatic rings. The van der Waals surface area contributed by atoms with Crippen molar-refractivity contribution in [1.29, 1.82) is 0 Å². The predicted octanol–water partition coefficient (Wildman–Crippen LogP) is 7.84. The number of fused-ring (bicyclic) bond motifs is 1. The van der Waals surface area contributed by atoms with Crippen molar-refractivity contribution in [2.45, 2.75) is 13.5 Å². The first-order valence-corrected chi connectivity index (χ1v) is 12.2. The average Bonchev–Trinajstić information content (AvgIpc) is 3.27. The Kier molecular flexibility index (Phi) is 6.51. The van der Waals surface area contributed by atoms with Crippen molar-refractivity contribution < 1.29 is 14.3 Å². The predicted molar refractivity (Wildman–Crippen MR) is 144 cm³/mol. The molecule has 1 amide bonds. The van der Waals surface area contributed by atoms with Crippen molar-refractivity contribution in [3.63, 3.8) is 0 Å². The molecule has 0 fully saturated rings. The van der Waals surface area contributed by atoms with E-state index in [1.807, 2.05) is 91.0 Å². The minimum Gasteiger partial charge on any atom is -0.497 e. The number of benzene rings is 4. The first kappa shape index (κ1) is 22.7. The highest BCUT2D eigenvalue weighted by atomic mass is 32.1. The summed E-state index contributed by atoms with van der Waals surface area (Å²) in [6.45, 7) is 2.09. The van der Waals surface area contributed by atoms with Crippen LogP contribution in [-0.4, -0.2) is 13.0 Å². The van der Waals surface area contributed by atoms with Crippen LogP contribution in [0.2, 0.25) is 0 Å². The number of hydrogen-bond acceptors (Lipinski definition) is 4. The van der Waals surface area contributed by atoms with Crippen LogP contribution < -0.4 is 14.4 Å². The Morgan fingerprint density at radius 3 is 2.14 bits per heavy atom. The van der Waals surface area contributed by atoms with E-state index in [1.165, 1.54) is 0 Å². The van der Waals surface area contributed by atoms with Gasteiger partial charge in [0.15, 0.2) is 0 Å². The van der Waals surface area contributed by atoms with Crippen LogP contribution in [0.1, 0.15) is 12.5 Å². The highest BCUT2D eigenvalue weighted by molar-refractivity contribution is 7.23. The Balaban J connectivity index is 1.55. The Morgan fingerprint density at radius 2 is 1.49 bits per heavy atom. The normalized spacial score (nSPS) is 10.8. The lowest BCUT2D eigenvalue weighted by Gasteiger charge is -2.23. The Hall–Kier alpha value is -4.09. The number of ether oxygens (including phenoxy) is 2. The third-order valence-corrected chi connectivity index (χ3v) is 6.98. The monoisotopic (exact) mass is 479 g/mol. The number of amides is 1. The van der Waals surface area contributed by atoms with Crippen LogP contribution in [0.3, 0.4) is 0 Å². The zero-order valence-electron chi connectivity index (χ0n) is 19.6. The highest BCUT2D eigenvalue weighted by Gasteiger charge is 2.24. The lowest BCUT2D eigenvalue weighted by Crippen LogP contribution is -2.23. The van der Waals surface area contributed by atoms with Crippen LogP contribution in [-0.2, 0) is 11.4 Å². The largest absolute Gasteiger partial charge is 0.497 e. The summed E-state index contributed by atoms with van der Waals surface area (Å²) in [4.78, 5) is 15.9. The van der Waals surface area contributed by atoms with E-state index in [1.54, 1.807) is 30.3 Å². The molecule has 0 bridgehead atoms. The van der Waals surface area contributed by atoms with Crippen LogP contribution in [0.4, 0.5) is 11.4 Å². The summed E-state index contributed by atoms with van der Waals surface area (Å²) in [6.07, 6.45) is 0. The van der Waals surface area contributed by atoms with Crippen LogP contribution in [0.15, 0.2) is 103 Å². The van der Waals surface area contributed by atoms with Crippen LogP contribution in [0, 0.1) is 0 Å². The molecule has 0 radical (unpaired) electrons. The zero-order valence-corrected chi connectivity index (χ0v) is 20.4. The van der Waals surface area contributed by atoms with Crippen molar-refractivity contribution >= 4 is 38.7 Å². The van der Waals surface area contributed by atoms with Crippen LogP contribution in [0.5, 0.6) is 11.5 Å². The number of nitrogens with zero attached hydrogens (tertiary/aromatic N) is 1. The second-order valence-corrected chi connectivity index (χ2v) is 9.18. The maximum atomic E-state index is 13.1. The molecule has 1 aromatic heterocycles. The summed E-state index contributed by atoms with van der Waals surface area (Å²) >= 11 is 1.66. The first-order chi connectivity index (χ1) is 17.1. The standard InChI is InChI=1S/C30H25NO3S/c1-21(32)31(24-13-15-25(16-14-24)34-20-22-9-5-3-6-10-22)29-27-18-17-26(33-2)19-28(27)35-30(29)23-11-7-4-8-12-23/h3-19H,20H2,1-2H3. The molecule has 35 heavy (non-hydrogen) atoms. The summed E-state index contributed by atoms with van der Waals surface area (Å²) in [5.74, 6) is 1.49. The van der Waals surface area contributed by atoms with Crippen molar-refractivity contribution in [2.24, 2.45) is 0 Å². The van der Waals surface area contributed by atoms with Gasteiger partial charge in [-0.25, -0.2) is 0 Å². The smallest absolute Gasteiger partial charge is 0.228 e. The molecule has 5 heteroatoms. The van der Waals surface area contributed by atoms with E-state index in [-0.39, 0.29) is 5.91 Å². The number of carbonyl (C=O) groups is 1. The minimum atomic E-state index is -0.0596. The summed E-state index contributed by atoms with van der Waals surface area (Å²) in [5.41, 5.74) is 3.84. The average molecular weight is 480 g/mol. The Morgan fingerprint density at radius 1 is 0.829 bits per heavy atom. The van der Waals surface area contributed by atoms with Gasteiger partial charge in [0.05, 0.1) is 17.7 Å². The molecule has 4 aromatic carbocycles. The maximum absolute atomic E-state index is 13.1. The second kappa shape index (κ2) is 10.0. The van der Waals surface area contributed by atoms with Crippen molar-refractivity contribution in [3.8, 4) is 21.9 Å². The molecule has 0 aliphatic heterocycles. The third kappa shape index (κ3) is 4.77. The lowest BCUT2D eigenvalue weighted by atomic mass is 10.1. The summed E-state index contributed by atoms with van der Waals surface area (Å²) in [7, 11) is 1.66. The fourth-order valence-electron chi connectivity index (χ4n) is 4.10. The van der Waals surface area contributed by atoms with Gasteiger partial charge >= 0.3 is 0 Å². The van der Waals surface area contributed by atoms with E-state index in [2.05, 4.69) is 12.1 Å². The lowest BCUT2D eigenvalue weighted by molar-refractivity contribution is -0.115. The van der Waals surface area contributed by atoms with Gasteiger partial charge in [-0.1, -0.05) is 60.7 Å². The Labute approximate surface area is 209 Å². The molecule has 1 heterocycles. The summed E-state index contributed by atoms with van der Waals surface area (Å²) in [5, 5.41) is 1.01. The molecule has 0 N–H and O–H groups in total. The fourth-order valence-corrected chi connectivity index (χ4v) is 5.32. The maximum Gasteiger partial charge on any atom is 0.228 e. The van der Waals surface area contributed by atoms with Crippen molar-refractivity contribution in [3.05, 3.63) is 109 Å². The topological polar surface area (TPSA) is 38.8 Å². The molecular formula is C30H25NO3S. The fraction of sp³-hybridized carbons (Fsp3) is 0.100. The van der Waals surface area contributed by atoms with E-state index >= 15 is 0 Å². The quantitative estimate of drug-likeness (QED) is 0.239. The molecule has 0 atom stereocenters. The minimum absolute atomic E-state index is 0.0596. The number of methoxy groups -OCH3 is 1. The molecule has 0 unspecified atom stereocenters. The highest BCUT2D eigenvalue weighted by Crippen LogP contribution is 2.48.